The molecule has 4 rings (SSSR count). The van der Waals surface area contributed by atoms with Crippen molar-refractivity contribution in [2.45, 2.75) is 52.5 Å². The van der Waals surface area contributed by atoms with E-state index in [1.54, 1.807) is 6.20 Å². The average Bonchev–Trinajstić information content (AvgIpc) is 2.72. The lowest BCUT2D eigenvalue weighted by Gasteiger charge is -2.48. The van der Waals surface area contributed by atoms with Gasteiger partial charge < -0.3 is 9.80 Å². The van der Waals surface area contributed by atoms with Crippen LogP contribution >= 0.6 is 0 Å². The van der Waals surface area contributed by atoms with Crippen molar-refractivity contribution in [1.82, 2.24) is 19.9 Å². The molecule has 0 radical (unpaired) electrons. The molecule has 0 unspecified atom stereocenters. The number of aromatic nitrogens is 3. The van der Waals surface area contributed by atoms with E-state index in [9.17, 15) is 4.79 Å². The number of hydrogen-bond donors (Lipinski definition) is 0. The summed E-state index contributed by atoms with van der Waals surface area (Å²) in [6, 6.07) is 5.90. The van der Waals surface area contributed by atoms with Gasteiger partial charge in [-0.2, -0.15) is 0 Å². The first-order chi connectivity index (χ1) is 13.6. The van der Waals surface area contributed by atoms with Crippen molar-refractivity contribution in [3.05, 3.63) is 47.7 Å². The van der Waals surface area contributed by atoms with E-state index < -0.39 is 0 Å². The monoisotopic (exact) mass is 379 g/mol. The van der Waals surface area contributed by atoms with Crippen LogP contribution in [0.1, 0.15) is 49.7 Å². The Balaban J connectivity index is 1.54. The SMILES string of the molecule is CCc1cnc(C)nc1N1CCC[C@]2(CCC(=O)N(Cc3ccccn3)C2)C1. The van der Waals surface area contributed by atoms with Crippen molar-refractivity contribution in [3.8, 4) is 0 Å². The quantitative estimate of drug-likeness (QED) is 0.817. The maximum Gasteiger partial charge on any atom is 0.222 e. The third kappa shape index (κ3) is 3.86. The fraction of sp³-hybridized carbons (Fsp3) is 0.545. The van der Waals surface area contributed by atoms with Crippen LogP contribution in [0.15, 0.2) is 30.6 Å². The van der Waals surface area contributed by atoms with E-state index in [0.717, 1.165) is 56.2 Å². The van der Waals surface area contributed by atoms with Crippen molar-refractivity contribution in [2.75, 3.05) is 24.5 Å². The van der Waals surface area contributed by atoms with Gasteiger partial charge in [0.15, 0.2) is 0 Å². The van der Waals surface area contributed by atoms with Crippen molar-refractivity contribution in [2.24, 2.45) is 5.41 Å². The summed E-state index contributed by atoms with van der Waals surface area (Å²) in [6.45, 7) is 7.52. The molecular weight excluding hydrogens is 350 g/mol. The van der Waals surface area contributed by atoms with E-state index in [0.29, 0.717) is 13.0 Å². The third-order valence-corrected chi connectivity index (χ3v) is 6.13. The van der Waals surface area contributed by atoms with Crippen LogP contribution in [0.25, 0.3) is 0 Å². The number of hydrogen-bond acceptors (Lipinski definition) is 5. The predicted octanol–water partition coefficient (Wildman–Crippen LogP) is 3.15. The van der Waals surface area contributed by atoms with Gasteiger partial charge >= 0.3 is 0 Å². The minimum atomic E-state index is 0.144. The number of anilines is 1. The highest BCUT2D eigenvalue weighted by molar-refractivity contribution is 5.77. The van der Waals surface area contributed by atoms with E-state index in [-0.39, 0.29) is 11.3 Å². The zero-order chi connectivity index (χ0) is 19.6. The lowest BCUT2D eigenvalue weighted by molar-refractivity contribution is -0.138. The normalized spacial score (nSPS) is 22.7. The molecule has 2 aromatic rings. The highest BCUT2D eigenvalue weighted by Gasteiger charge is 2.42. The van der Waals surface area contributed by atoms with Crippen LogP contribution in [0.3, 0.4) is 0 Å². The number of rotatable bonds is 4. The fourth-order valence-corrected chi connectivity index (χ4v) is 4.66. The molecule has 1 spiro atoms. The summed E-state index contributed by atoms with van der Waals surface area (Å²) in [5.74, 6) is 2.16. The first-order valence-electron chi connectivity index (χ1n) is 10.3. The molecule has 148 valence electrons. The first kappa shape index (κ1) is 18.8. The van der Waals surface area contributed by atoms with Crippen LogP contribution in [-0.4, -0.2) is 45.4 Å². The van der Waals surface area contributed by atoms with Gasteiger partial charge in [-0.05, 0) is 44.7 Å². The molecular formula is C22H29N5O. The largest absolute Gasteiger partial charge is 0.356 e. The number of carbonyl (C=O) groups excluding carboxylic acids is 1. The van der Waals surface area contributed by atoms with E-state index in [2.05, 4.69) is 21.8 Å². The second-order valence-electron chi connectivity index (χ2n) is 8.22. The Kier molecular flexibility index (Phi) is 5.29. The smallest absolute Gasteiger partial charge is 0.222 e. The first-order valence-corrected chi connectivity index (χ1v) is 10.3. The maximum absolute atomic E-state index is 12.6. The molecule has 0 aromatic carbocycles. The summed E-state index contributed by atoms with van der Waals surface area (Å²) in [4.78, 5) is 30.6. The molecule has 2 aromatic heterocycles. The molecule has 4 heterocycles. The summed E-state index contributed by atoms with van der Waals surface area (Å²) in [7, 11) is 0. The Morgan fingerprint density at radius 2 is 2.07 bits per heavy atom. The molecule has 28 heavy (non-hydrogen) atoms. The lowest BCUT2D eigenvalue weighted by atomic mass is 9.73. The van der Waals surface area contributed by atoms with Crippen LogP contribution in [0.4, 0.5) is 5.82 Å². The summed E-state index contributed by atoms with van der Waals surface area (Å²) in [5.41, 5.74) is 2.31. The minimum absolute atomic E-state index is 0.144. The fourth-order valence-electron chi connectivity index (χ4n) is 4.66. The van der Waals surface area contributed by atoms with Gasteiger partial charge in [0.2, 0.25) is 5.91 Å². The van der Waals surface area contributed by atoms with Gasteiger partial charge in [-0.15, -0.1) is 0 Å². The van der Waals surface area contributed by atoms with Crippen LogP contribution < -0.4 is 4.90 Å². The Hall–Kier alpha value is -2.50. The third-order valence-electron chi connectivity index (χ3n) is 6.13. The van der Waals surface area contributed by atoms with Gasteiger partial charge in [0.05, 0.1) is 12.2 Å². The lowest BCUT2D eigenvalue weighted by Crippen LogP contribution is -2.54. The summed E-state index contributed by atoms with van der Waals surface area (Å²) in [6.07, 6.45) is 8.60. The van der Waals surface area contributed by atoms with E-state index >= 15 is 0 Å². The highest BCUT2D eigenvalue weighted by atomic mass is 16.2. The van der Waals surface area contributed by atoms with Gasteiger partial charge in [0.1, 0.15) is 11.6 Å². The van der Waals surface area contributed by atoms with Crippen molar-refractivity contribution in [3.63, 3.8) is 0 Å². The minimum Gasteiger partial charge on any atom is -0.356 e. The van der Waals surface area contributed by atoms with Gasteiger partial charge in [0, 0.05) is 49.4 Å². The van der Waals surface area contributed by atoms with E-state index in [4.69, 9.17) is 4.98 Å². The molecule has 2 fully saturated rings. The van der Waals surface area contributed by atoms with Crippen LogP contribution in [-0.2, 0) is 17.8 Å². The molecule has 6 nitrogen and oxygen atoms in total. The average molecular weight is 380 g/mol. The molecule has 2 aliphatic heterocycles. The summed E-state index contributed by atoms with van der Waals surface area (Å²) in [5, 5.41) is 0. The maximum atomic E-state index is 12.6. The Morgan fingerprint density at radius 3 is 2.86 bits per heavy atom. The van der Waals surface area contributed by atoms with Crippen molar-refractivity contribution >= 4 is 11.7 Å². The van der Waals surface area contributed by atoms with Gasteiger partial charge in [0.25, 0.3) is 0 Å². The van der Waals surface area contributed by atoms with Crippen molar-refractivity contribution < 1.29 is 4.79 Å². The molecule has 0 aliphatic carbocycles. The predicted molar refractivity (Wildman–Crippen MR) is 109 cm³/mol. The topological polar surface area (TPSA) is 62.2 Å². The number of likely N-dealkylation sites (tertiary alicyclic amines) is 1. The van der Waals surface area contributed by atoms with Crippen LogP contribution in [0, 0.1) is 12.3 Å². The van der Waals surface area contributed by atoms with Crippen molar-refractivity contribution in [1.29, 1.82) is 0 Å². The number of piperidine rings is 2. The number of amides is 1. The number of pyridine rings is 1. The zero-order valence-electron chi connectivity index (χ0n) is 16.9. The van der Waals surface area contributed by atoms with E-state index in [1.807, 2.05) is 36.2 Å². The molecule has 6 heteroatoms. The molecule has 0 saturated carbocycles. The van der Waals surface area contributed by atoms with Gasteiger partial charge in [-0.3, -0.25) is 9.78 Å². The van der Waals surface area contributed by atoms with Crippen LogP contribution in [0.2, 0.25) is 0 Å². The summed E-state index contributed by atoms with van der Waals surface area (Å²) >= 11 is 0. The van der Waals surface area contributed by atoms with Crippen LogP contribution in [0.5, 0.6) is 0 Å². The molecule has 2 saturated heterocycles. The van der Waals surface area contributed by atoms with Gasteiger partial charge in [-0.25, -0.2) is 9.97 Å². The van der Waals surface area contributed by atoms with E-state index in [1.165, 1.54) is 12.0 Å². The highest BCUT2D eigenvalue weighted by Crippen LogP contribution is 2.40. The Morgan fingerprint density at radius 1 is 1.18 bits per heavy atom. The molecule has 0 N–H and O–H groups in total. The number of carbonyl (C=O) groups is 1. The molecule has 1 amide bonds. The Bertz CT molecular complexity index is 840. The molecule has 2 aliphatic rings. The summed E-state index contributed by atoms with van der Waals surface area (Å²) < 4.78 is 0. The number of aryl methyl sites for hydroxylation is 2. The zero-order valence-corrected chi connectivity index (χ0v) is 16.9. The molecule has 1 atom stereocenters. The second-order valence-corrected chi connectivity index (χ2v) is 8.22. The number of nitrogens with zero attached hydrogens (tertiary/aromatic N) is 5. The van der Waals surface area contributed by atoms with Gasteiger partial charge in [-0.1, -0.05) is 13.0 Å². The Labute approximate surface area is 167 Å². The molecule has 0 bridgehead atoms. The standard InChI is InChI=1S/C22H29N5O/c1-3-18-13-24-17(2)25-21(18)26-12-6-9-22(15-26)10-8-20(28)27(16-22)14-19-7-4-5-11-23-19/h4-5,7,11,13H,3,6,8-10,12,14-16H2,1-2H3/t22-/m0/s1. The second kappa shape index (κ2) is 7.86.